The van der Waals surface area contributed by atoms with E-state index < -0.39 is 11.8 Å². The third kappa shape index (κ3) is 3.57. The van der Waals surface area contributed by atoms with E-state index in [1.54, 1.807) is 24.3 Å². The van der Waals surface area contributed by atoms with Crippen molar-refractivity contribution in [3.63, 3.8) is 0 Å². The van der Waals surface area contributed by atoms with Crippen LogP contribution in [-0.4, -0.2) is 24.6 Å². The van der Waals surface area contributed by atoms with Crippen molar-refractivity contribution < 1.29 is 14.3 Å². The molecule has 1 aliphatic carbocycles. The molecule has 0 spiro atoms. The van der Waals surface area contributed by atoms with Gasteiger partial charge in [0.1, 0.15) is 5.75 Å². The molecule has 1 aliphatic rings. The molecule has 0 saturated heterocycles. The summed E-state index contributed by atoms with van der Waals surface area (Å²) in [6.07, 6.45) is 3.94. The fourth-order valence-corrected chi connectivity index (χ4v) is 2.00. The van der Waals surface area contributed by atoms with Crippen molar-refractivity contribution in [3.8, 4) is 5.75 Å². The average Bonchev–Trinajstić information content (AvgIpc) is 2.98. The Morgan fingerprint density at radius 2 is 1.85 bits per heavy atom. The van der Waals surface area contributed by atoms with E-state index in [0.717, 1.165) is 31.4 Å². The highest BCUT2D eigenvalue weighted by Gasteiger charge is 2.16. The molecule has 6 nitrogen and oxygen atoms in total. The van der Waals surface area contributed by atoms with Gasteiger partial charge < -0.3 is 10.1 Å². The summed E-state index contributed by atoms with van der Waals surface area (Å²) in [5.41, 5.74) is 3.66. The molecule has 0 bridgehead atoms. The molecule has 0 unspecified atom stereocenters. The molecule has 2 rings (SSSR count). The SMILES string of the molecule is COc1ccccc1NC(=O)C(=O)NN=C1CCCC1. The van der Waals surface area contributed by atoms with Crippen molar-refractivity contribution in [2.75, 3.05) is 12.4 Å². The Morgan fingerprint density at radius 3 is 2.55 bits per heavy atom. The molecule has 1 fully saturated rings. The van der Waals surface area contributed by atoms with Gasteiger partial charge in [0.15, 0.2) is 0 Å². The first-order valence-electron chi connectivity index (χ1n) is 6.50. The Balaban J connectivity index is 1.93. The Bertz CT molecular complexity index is 532. The summed E-state index contributed by atoms with van der Waals surface area (Å²) in [5, 5.41) is 6.44. The molecule has 2 N–H and O–H groups in total. The Labute approximate surface area is 117 Å². The summed E-state index contributed by atoms with van der Waals surface area (Å²) in [4.78, 5) is 23.4. The van der Waals surface area contributed by atoms with Crippen LogP contribution in [0.5, 0.6) is 5.75 Å². The molecule has 6 heteroatoms. The molecule has 0 radical (unpaired) electrons. The van der Waals surface area contributed by atoms with Crippen LogP contribution < -0.4 is 15.5 Å². The molecule has 1 aromatic rings. The number of carbonyl (C=O) groups excluding carboxylic acids is 2. The fraction of sp³-hybridized carbons (Fsp3) is 0.357. The van der Waals surface area contributed by atoms with Crippen LogP contribution in [0.4, 0.5) is 5.69 Å². The summed E-state index contributed by atoms with van der Waals surface area (Å²) >= 11 is 0. The van der Waals surface area contributed by atoms with E-state index in [4.69, 9.17) is 4.74 Å². The molecule has 0 heterocycles. The summed E-state index contributed by atoms with van der Waals surface area (Å²) in [6.45, 7) is 0. The number of hydrogen-bond acceptors (Lipinski definition) is 4. The van der Waals surface area contributed by atoms with E-state index >= 15 is 0 Å². The number of hydrazone groups is 1. The second kappa shape index (κ2) is 6.70. The van der Waals surface area contributed by atoms with Gasteiger partial charge in [-0.1, -0.05) is 12.1 Å². The lowest BCUT2D eigenvalue weighted by atomic mass is 10.3. The van der Waals surface area contributed by atoms with E-state index in [9.17, 15) is 9.59 Å². The first-order valence-corrected chi connectivity index (χ1v) is 6.50. The number of nitrogens with one attached hydrogen (secondary N) is 2. The number of hydrogen-bond donors (Lipinski definition) is 2. The summed E-state index contributed by atoms with van der Waals surface area (Å²) in [6, 6.07) is 6.88. The van der Waals surface area contributed by atoms with Crippen molar-refractivity contribution in [2.24, 2.45) is 5.10 Å². The van der Waals surface area contributed by atoms with E-state index in [1.165, 1.54) is 7.11 Å². The smallest absolute Gasteiger partial charge is 0.329 e. The van der Waals surface area contributed by atoms with E-state index in [1.807, 2.05) is 0 Å². The Morgan fingerprint density at radius 1 is 1.15 bits per heavy atom. The number of nitrogens with zero attached hydrogens (tertiary/aromatic N) is 1. The quantitative estimate of drug-likeness (QED) is 0.650. The molecular weight excluding hydrogens is 258 g/mol. The second-order valence-corrected chi connectivity index (χ2v) is 4.48. The molecule has 0 atom stereocenters. The van der Waals surface area contributed by atoms with Crippen LogP contribution in [0.1, 0.15) is 25.7 Å². The fourth-order valence-electron chi connectivity index (χ4n) is 2.00. The van der Waals surface area contributed by atoms with Gasteiger partial charge in [-0.25, -0.2) is 5.43 Å². The van der Waals surface area contributed by atoms with Crippen molar-refractivity contribution in [2.45, 2.75) is 25.7 Å². The number of carbonyl (C=O) groups is 2. The molecule has 20 heavy (non-hydrogen) atoms. The van der Waals surface area contributed by atoms with E-state index in [-0.39, 0.29) is 0 Å². The van der Waals surface area contributed by atoms with Crippen molar-refractivity contribution in [3.05, 3.63) is 24.3 Å². The highest BCUT2D eigenvalue weighted by molar-refractivity contribution is 6.39. The average molecular weight is 275 g/mol. The standard InChI is InChI=1S/C14H17N3O3/c1-20-12-9-5-4-8-11(12)15-13(18)14(19)17-16-10-6-2-3-7-10/h4-5,8-9H,2-3,6-7H2,1H3,(H,15,18)(H,17,19). The van der Waals surface area contributed by atoms with E-state index in [2.05, 4.69) is 15.8 Å². The largest absolute Gasteiger partial charge is 0.495 e. The molecule has 0 aromatic heterocycles. The minimum absolute atomic E-state index is 0.448. The van der Waals surface area contributed by atoms with Gasteiger partial charge >= 0.3 is 11.8 Å². The lowest BCUT2D eigenvalue weighted by Crippen LogP contribution is -2.33. The van der Waals surface area contributed by atoms with Gasteiger partial charge in [-0.3, -0.25) is 9.59 Å². The van der Waals surface area contributed by atoms with Crippen LogP contribution in [0.2, 0.25) is 0 Å². The maximum atomic E-state index is 11.7. The molecule has 1 saturated carbocycles. The van der Waals surface area contributed by atoms with Crippen LogP contribution in [0, 0.1) is 0 Å². The molecule has 106 valence electrons. The zero-order valence-electron chi connectivity index (χ0n) is 11.3. The third-order valence-electron chi connectivity index (χ3n) is 3.06. The number of ether oxygens (including phenoxy) is 1. The molecule has 0 aliphatic heterocycles. The second-order valence-electron chi connectivity index (χ2n) is 4.48. The van der Waals surface area contributed by atoms with Crippen molar-refractivity contribution in [1.29, 1.82) is 0 Å². The number of para-hydroxylation sites is 2. The topological polar surface area (TPSA) is 79.8 Å². The van der Waals surface area contributed by atoms with E-state index in [0.29, 0.717) is 11.4 Å². The van der Waals surface area contributed by atoms with Crippen molar-refractivity contribution in [1.82, 2.24) is 5.43 Å². The first kappa shape index (κ1) is 14.0. The van der Waals surface area contributed by atoms with Crippen molar-refractivity contribution >= 4 is 23.2 Å². The first-order chi connectivity index (χ1) is 9.70. The number of benzene rings is 1. The lowest BCUT2D eigenvalue weighted by Gasteiger charge is -2.08. The highest BCUT2D eigenvalue weighted by atomic mass is 16.5. The number of rotatable bonds is 3. The van der Waals surface area contributed by atoms with Gasteiger partial charge in [0.2, 0.25) is 0 Å². The zero-order chi connectivity index (χ0) is 14.4. The number of amides is 2. The predicted molar refractivity (Wildman–Crippen MR) is 75.7 cm³/mol. The molecular formula is C14H17N3O3. The minimum atomic E-state index is -0.782. The lowest BCUT2D eigenvalue weighted by molar-refractivity contribution is -0.136. The van der Waals surface area contributed by atoms with Crippen LogP contribution in [-0.2, 0) is 9.59 Å². The summed E-state index contributed by atoms with van der Waals surface area (Å²) in [7, 11) is 1.50. The van der Waals surface area contributed by atoms with Gasteiger partial charge in [0, 0.05) is 5.71 Å². The Hall–Kier alpha value is -2.37. The predicted octanol–water partition coefficient (Wildman–Crippen LogP) is 1.68. The minimum Gasteiger partial charge on any atom is -0.495 e. The monoisotopic (exact) mass is 275 g/mol. The van der Waals surface area contributed by atoms with Crippen LogP contribution >= 0.6 is 0 Å². The molecule has 2 amide bonds. The zero-order valence-corrected chi connectivity index (χ0v) is 11.3. The normalized spacial score (nSPS) is 13.8. The van der Waals surface area contributed by atoms with Gasteiger partial charge in [0.05, 0.1) is 12.8 Å². The van der Waals surface area contributed by atoms with Gasteiger partial charge in [-0.2, -0.15) is 5.10 Å². The van der Waals surface area contributed by atoms with Crippen LogP contribution in [0.15, 0.2) is 29.4 Å². The van der Waals surface area contributed by atoms with Crippen LogP contribution in [0.3, 0.4) is 0 Å². The van der Waals surface area contributed by atoms with Gasteiger partial charge in [-0.15, -0.1) is 0 Å². The maximum absolute atomic E-state index is 11.7. The van der Waals surface area contributed by atoms with Gasteiger partial charge in [-0.05, 0) is 37.8 Å². The number of methoxy groups -OCH3 is 1. The Kier molecular flexibility index (Phi) is 4.70. The summed E-state index contributed by atoms with van der Waals surface area (Å²) < 4.78 is 5.09. The maximum Gasteiger partial charge on any atom is 0.329 e. The molecule has 1 aromatic carbocycles. The van der Waals surface area contributed by atoms with Gasteiger partial charge in [0.25, 0.3) is 0 Å². The van der Waals surface area contributed by atoms with Crippen LogP contribution in [0.25, 0.3) is 0 Å². The highest BCUT2D eigenvalue weighted by Crippen LogP contribution is 2.22. The number of anilines is 1. The third-order valence-corrected chi connectivity index (χ3v) is 3.06. The summed E-state index contributed by atoms with van der Waals surface area (Å²) in [5.74, 6) is -1.05.